The molecule has 0 aromatic heterocycles. The number of esters is 1. The zero-order valence-corrected chi connectivity index (χ0v) is 11.6. The minimum Gasteiger partial charge on any atom is -0.468 e. The molecule has 0 saturated carbocycles. The standard InChI is InChI=1S/C13H16BrNO2/c1-9-7-10-5-3-4-6-12(10)15(9)8-11(14)13(16)17-2/h3-6,9,11H,7-8H2,1-2H3. The van der Waals surface area contributed by atoms with Gasteiger partial charge in [-0.1, -0.05) is 34.1 Å². The zero-order chi connectivity index (χ0) is 12.4. The fourth-order valence-electron chi connectivity index (χ4n) is 2.28. The minimum absolute atomic E-state index is 0.221. The van der Waals surface area contributed by atoms with Crippen LogP contribution in [0.4, 0.5) is 5.69 Å². The number of nitrogens with zero attached hydrogens (tertiary/aromatic N) is 1. The summed E-state index contributed by atoms with van der Waals surface area (Å²) in [5, 5.41) is 0. The SMILES string of the molecule is COC(=O)C(Br)CN1c2ccccc2CC1C. The van der Waals surface area contributed by atoms with Crippen LogP contribution in [0.2, 0.25) is 0 Å². The molecule has 4 heteroatoms. The van der Waals surface area contributed by atoms with Gasteiger partial charge in [0.15, 0.2) is 0 Å². The summed E-state index contributed by atoms with van der Waals surface area (Å²) in [4.78, 5) is 13.4. The quantitative estimate of drug-likeness (QED) is 0.634. The zero-order valence-electron chi connectivity index (χ0n) is 10.0. The Morgan fingerprint density at radius 1 is 1.59 bits per heavy atom. The van der Waals surface area contributed by atoms with Crippen LogP contribution in [0, 0.1) is 0 Å². The van der Waals surface area contributed by atoms with Crippen LogP contribution in [0.25, 0.3) is 0 Å². The molecule has 2 rings (SSSR count). The van der Waals surface area contributed by atoms with E-state index in [1.807, 2.05) is 6.07 Å². The molecule has 0 radical (unpaired) electrons. The largest absolute Gasteiger partial charge is 0.468 e. The van der Waals surface area contributed by atoms with E-state index in [1.165, 1.54) is 18.4 Å². The van der Waals surface area contributed by atoms with E-state index in [0.717, 1.165) is 6.42 Å². The Kier molecular flexibility index (Phi) is 3.72. The van der Waals surface area contributed by atoms with E-state index in [2.05, 4.69) is 46.0 Å². The normalized spacial score (nSPS) is 19.9. The number of ether oxygens (including phenoxy) is 1. The summed E-state index contributed by atoms with van der Waals surface area (Å²) >= 11 is 3.38. The summed E-state index contributed by atoms with van der Waals surface area (Å²) < 4.78 is 4.73. The van der Waals surface area contributed by atoms with Crippen molar-refractivity contribution in [2.75, 3.05) is 18.6 Å². The number of rotatable bonds is 3. The molecule has 1 aliphatic rings. The number of hydrogen-bond donors (Lipinski definition) is 0. The average Bonchev–Trinajstić information content (AvgIpc) is 2.65. The molecule has 0 amide bonds. The first kappa shape index (κ1) is 12.4. The first-order chi connectivity index (χ1) is 8.13. The van der Waals surface area contributed by atoms with Gasteiger partial charge < -0.3 is 9.64 Å². The number of carbonyl (C=O) groups is 1. The van der Waals surface area contributed by atoms with Crippen LogP contribution in [0.15, 0.2) is 24.3 Å². The number of hydrogen-bond acceptors (Lipinski definition) is 3. The molecule has 3 nitrogen and oxygen atoms in total. The van der Waals surface area contributed by atoms with Gasteiger partial charge in [0.2, 0.25) is 0 Å². The Morgan fingerprint density at radius 2 is 2.29 bits per heavy atom. The number of benzene rings is 1. The van der Waals surface area contributed by atoms with Gasteiger partial charge in [0.05, 0.1) is 7.11 Å². The number of anilines is 1. The molecule has 0 spiro atoms. The average molecular weight is 298 g/mol. The Morgan fingerprint density at radius 3 is 3.00 bits per heavy atom. The van der Waals surface area contributed by atoms with E-state index in [0.29, 0.717) is 12.6 Å². The Hall–Kier alpha value is -1.03. The van der Waals surface area contributed by atoms with E-state index in [9.17, 15) is 4.79 Å². The maximum Gasteiger partial charge on any atom is 0.321 e. The van der Waals surface area contributed by atoms with Crippen molar-refractivity contribution in [2.45, 2.75) is 24.2 Å². The molecule has 0 saturated heterocycles. The maximum atomic E-state index is 11.4. The fraction of sp³-hybridized carbons (Fsp3) is 0.462. The maximum absolute atomic E-state index is 11.4. The lowest BCUT2D eigenvalue weighted by molar-refractivity contribution is -0.139. The van der Waals surface area contributed by atoms with E-state index in [-0.39, 0.29) is 10.8 Å². The second-order valence-electron chi connectivity index (χ2n) is 4.32. The summed E-state index contributed by atoms with van der Waals surface area (Å²) in [5.74, 6) is -0.221. The summed E-state index contributed by atoms with van der Waals surface area (Å²) in [7, 11) is 1.41. The van der Waals surface area contributed by atoms with Gasteiger partial charge in [-0.25, -0.2) is 0 Å². The third-order valence-corrected chi connectivity index (χ3v) is 3.83. The van der Waals surface area contributed by atoms with Crippen LogP contribution < -0.4 is 4.90 Å². The van der Waals surface area contributed by atoms with Gasteiger partial charge in [-0.2, -0.15) is 0 Å². The van der Waals surface area contributed by atoms with Crippen molar-refractivity contribution in [2.24, 2.45) is 0 Å². The summed E-state index contributed by atoms with van der Waals surface area (Å²) in [5.41, 5.74) is 2.58. The van der Waals surface area contributed by atoms with Gasteiger partial charge in [0, 0.05) is 18.3 Å². The molecule has 2 atom stereocenters. The number of fused-ring (bicyclic) bond motifs is 1. The molecule has 92 valence electrons. The molecule has 2 unspecified atom stereocenters. The fourth-order valence-corrected chi connectivity index (χ4v) is 2.78. The van der Waals surface area contributed by atoms with E-state index in [1.54, 1.807) is 0 Å². The molecule has 0 N–H and O–H groups in total. The predicted molar refractivity (Wildman–Crippen MR) is 71.7 cm³/mol. The lowest BCUT2D eigenvalue weighted by Gasteiger charge is -2.26. The highest BCUT2D eigenvalue weighted by Gasteiger charge is 2.29. The molecule has 1 heterocycles. The monoisotopic (exact) mass is 297 g/mol. The third kappa shape index (κ3) is 2.46. The van der Waals surface area contributed by atoms with Gasteiger partial charge in [-0.15, -0.1) is 0 Å². The number of carbonyl (C=O) groups excluding carboxylic acids is 1. The molecular formula is C13H16BrNO2. The Labute approximate surface area is 110 Å². The summed E-state index contributed by atoms with van der Waals surface area (Å²) in [6, 6.07) is 8.77. The second-order valence-corrected chi connectivity index (χ2v) is 5.43. The number of halogens is 1. The molecule has 0 aliphatic carbocycles. The van der Waals surface area contributed by atoms with Gasteiger partial charge >= 0.3 is 5.97 Å². The van der Waals surface area contributed by atoms with E-state index in [4.69, 9.17) is 4.74 Å². The Bertz CT molecular complexity index is 422. The van der Waals surface area contributed by atoms with Crippen LogP contribution in [0.1, 0.15) is 12.5 Å². The topological polar surface area (TPSA) is 29.5 Å². The first-order valence-electron chi connectivity index (χ1n) is 5.70. The van der Waals surface area contributed by atoms with E-state index >= 15 is 0 Å². The van der Waals surface area contributed by atoms with Crippen LogP contribution >= 0.6 is 15.9 Å². The van der Waals surface area contributed by atoms with Crippen molar-refractivity contribution in [1.29, 1.82) is 0 Å². The van der Waals surface area contributed by atoms with Crippen molar-refractivity contribution in [3.8, 4) is 0 Å². The Balaban J connectivity index is 2.14. The summed E-state index contributed by atoms with van der Waals surface area (Å²) in [6.07, 6.45) is 1.04. The number of alkyl halides is 1. The predicted octanol–water partition coefficient (Wildman–Crippen LogP) is 2.37. The van der Waals surface area contributed by atoms with Gasteiger partial charge in [-0.3, -0.25) is 4.79 Å². The third-order valence-electron chi connectivity index (χ3n) is 3.16. The van der Waals surface area contributed by atoms with Crippen molar-refractivity contribution in [3.63, 3.8) is 0 Å². The van der Waals surface area contributed by atoms with Crippen molar-refractivity contribution < 1.29 is 9.53 Å². The van der Waals surface area contributed by atoms with Crippen molar-refractivity contribution in [3.05, 3.63) is 29.8 Å². The second kappa shape index (κ2) is 5.08. The smallest absolute Gasteiger partial charge is 0.321 e. The molecule has 1 aromatic rings. The van der Waals surface area contributed by atoms with Crippen LogP contribution in [0.5, 0.6) is 0 Å². The minimum atomic E-state index is -0.277. The molecule has 17 heavy (non-hydrogen) atoms. The van der Waals surface area contributed by atoms with Gasteiger partial charge in [-0.05, 0) is 25.0 Å². The van der Waals surface area contributed by atoms with Gasteiger partial charge in [0.1, 0.15) is 4.83 Å². The number of methoxy groups -OCH3 is 1. The van der Waals surface area contributed by atoms with Crippen LogP contribution in [0.3, 0.4) is 0 Å². The molecule has 1 aromatic carbocycles. The lowest BCUT2D eigenvalue weighted by Crippen LogP contribution is -2.37. The van der Waals surface area contributed by atoms with Crippen LogP contribution in [-0.2, 0) is 16.0 Å². The lowest BCUT2D eigenvalue weighted by atomic mass is 10.1. The molecule has 0 fully saturated rings. The highest BCUT2D eigenvalue weighted by molar-refractivity contribution is 9.10. The van der Waals surface area contributed by atoms with Crippen LogP contribution in [-0.4, -0.2) is 30.5 Å². The first-order valence-corrected chi connectivity index (χ1v) is 6.61. The number of para-hydroxylation sites is 1. The van der Waals surface area contributed by atoms with Gasteiger partial charge in [0.25, 0.3) is 0 Å². The highest BCUT2D eigenvalue weighted by atomic mass is 79.9. The van der Waals surface area contributed by atoms with Crippen molar-refractivity contribution in [1.82, 2.24) is 0 Å². The molecular weight excluding hydrogens is 282 g/mol. The highest BCUT2D eigenvalue weighted by Crippen LogP contribution is 2.32. The molecule has 1 aliphatic heterocycles. The summed E-state index contributed by atoms with van der Waals surface area (Å²) in [6.45, 7) is 2.82. The van der Waals surface area contributed by atoms with Crippen molar-refractivity contribution >= 4 is 27.6 Å². The molecule has 0 bridgehead atoms. The van der Waals surface area contributed by atoms with E-state index < -0.39 is 0 Å².